The molecule has 0 aliphatic carbocycles. The highest BCUT2D eigenvalue weighted by molar-refractivity contribution is 7.99. The van der Waals surface area contributed by atoms with Crippen molar-refractivity contribution in [1.82, 2.24) is 15.1 Å². The molecule has 1 N–H and O–H groups in total. The van der Waals surface area contributed by atoms with E-state index >= 15 is 0 Å². The molecule has 1 amide bonds. The van der Waals surface area contributed by atoms with Crippen molar-refractivity contribution in [2.45, 2.75) is 18.6 Å². The monoisotopic (exact) mass is 382 g/mol. The highest BCUT2D eigenvalue weighted by atomic mass is 35.5. The smallest absolute Gasteiger partial charge is 0.227 e. The third-order valence-electron chi connectivity index (χ3n) is 4.34. The second-order valence-corrected chi connectivity index (χ2v) is 7.86. The zero-order valence-electron chi connectivity index (χ0n) is 15.2. The van der Waals surface area contributed by atoms with Crippen LogP contribution < -0.4 is 5.32 Å². The Labute approximate surface area is 159 Å². The number of hydrogen-bond acceptors (Lipinski definition) is 3. The standard InChI is InChI=1S/C18H27ClN4OS/c1-14(25-3)13-21-18(20-2)23-9-7-22(8-10-23)17(24)12-15-5-4-6-16(19)11-15/h4-6,11,14H,7-10,12-13H2,1-3H3,(H,20,21). The number of rotatable bonds is 5. The molecule has 0 radical (unpaired) electrons. The van der Waals surface area contributed by atoms with Crippen LogP contribution in [0, 0.1) is 0 Å². The van der Waals surface area contributed by atoms with Gasteiger partial charge in [-0.15, -0.1) is 0 Å². The van der Waals surface area contributed by atoms with Crippen molar-refractivity contribution in [1.29, 1.82) is 0 Å². The van der Waals surface area contributed by atoms with Gasteiger partial charge in [0, 0.05) is 50.0 Å². The van der Waals surface area contributed by atoms with Gasteiger partial charge in [-0.3, -0.25) is 9.79 Å². The van der Waals surface area contributed by atoms with Crippen LogP contribution in [0.1, 0.15) is 12.5 Å². The van der Waals surface area contributed by atoms with Gasteiger partial charge in [-0.2, -0.15) is 11.8 Å². The Kier molecular flexibility index (Phi) is 7.90. The number of nitrogens with one attached hydrogen (secondary N) is 1. The molecule has 1 heterocycles. The number of carbonyl (C=O) groups excluding carboxylic acids is 1. The van der Waals surface area contributed by atoms with Crippen molar-refractivity contribution >= 4 is 35.2 Å². The van der Waals surface area contributed by atoms with E-state index in [9.17, 15) is 4.79 Å². The second kappa shape index (κ2) is 9.92. The predicted octanol–water partition coefficient (Wildman–Crippen LogP) is 2.35. The molecule has 7 heteroatoms. The average Bonchev–Trinajstić information content (AvgIpc) is 2.62. The zero-order chi connectivity index (χ0) is 18.2. The van der Waals surface area contributed by atoms with Crippen LogP contribution in [-0.4, -0.2) is 72.9 Å². The molecule has 138 valence electrons. The number of hydrogen-bond donors (Lipinski definition) is 1. The molecular formula is C18H27ClN4OS. The molecule has 0 aromatic heterocycles. The number of aliphatic imine (C=N–C) groups is 1. The fourth-order valence-electron chi connectivity index (χ4n) is 2.75. The quantitative estimate of drug-likeness (QED) is 0.627. The first kappa shape index (κ1) is 19.9. The maximum atomic E-state index is 12.5. The molecule has 0 bridgehead atoms. The summed E-state index contributed by atoms with van der Waals surface area (Å²) < 4.78 is 0. The summed E-state index contributed by atoms with van der Waals surface area (Å²) in [6.07, 6.45) is 2.51. The van der Waals surface area contributed by atoms with Crippen LogP contribution in [-0.2, 0) is 11.2 Å². The highest BCUT2D eigenvalue weighted by Gasteiger charge is 2.23. The normalized spacial score (nSPS) is 16.7. The van der Waals surface area contributed by atoms with E-state index in [-0.39, 0.29) is 5.91 Å². The topological polar surface area (TPSA) is 47.9 Å². The van der Waals surface area contributed by atoms with Gasteiger partial charge in [0.25, 0.3) is 0 Å². The Morgan fingerprint density at radius 3 is 2.60 bits per heavy atom. The largest absolute Gasteiger partial charge is 0.355 e. The Bertz CT molecular complexity index is 602. The number of nitrogens with zero attached hydrogens (tertiary/aromatic N) is 3. The van der Waals surface area contributed by atoms with Gasteiger partial charge in [-0.25, -0.2) is 0 Å². The van der Waals surface area contributed by atoms with Gasteiger partial charge in [-0.1, -0.05) is 30.7 Å². The minimum Gasteiger partial charge on any atom is -0.355 e. The fraction of sp³-hybridized carbons (Fsp3) is 0.556. The number of guanidine groups is 1. The van der Waals surface area contributed by atoms with Crippen molar-refractivity contribution in [3.05, 3.63) is 34.9 Å². The lowest BCUT2D eigenvalue weighted by atomic mass is 10.1. The number of carbonyl (C=O) groups is 1. The summed E-state index contributed by atoms with van der Waals surface area (Å²) in [6.45, 7) is 6.12. The molecule has 1 aliphatic rings. The van der Waals surface area contributed by atoms with Gasteiger partial charge in [0.1, 0.15) is 0 Å². The minimum absolute atomic E-state index is 0.154. The lowest BCUT2D eigenvalue weighted by Crippen LogP contribution is -2.54. The molecule has 1 aromatic carbocycles. The molecule has 2 rings (SSSR count). The summed E-state index contributed by atoms with van der Waals surface area (Å²) in [6, 6.07) is 7.51. The van der Waals surface area contributed by atoms with Crippen LogP contribution in [0.2, 0.25) is 5.02 Å². The van der Waals surface area contributed by atoms with Crippen LogP contribution in [0.25, 0.3) is 0 Å². The van der Waals surface area contributed by atoms with Crippen LogP contribution in [0.5, 0.6) is 0 Å². The number of benzene rings is 1. The zero-order valence-corrected chi connectivity index (χ0v) is 16.7. The van der Waals surface area contributed by atoms with Crippen molar-refractivity contribution in [3.8, 4) is 0 Å². The second-order valence-electron chi connectivity index (χ2n) is 6.15. The lowest BCUT2D eigenvalue weighted by Gasteiger charge is -2.36. The van der Waals surface area contributed by atoms with Crippen LogP contribution in [0.3, 0.4) is 0 Å². The van der Waals surface area contributed by atoms with E-state index in [1.807, 2.05) is 48.0 Å². The van der Waals surface area contributed by atoms with Gasteiger partial charge < -0.3 is 15.1 Å². The summed E-state index contributed by atoms with van der Waals surface area (Å²) in [4.78, 5) is 21.0. The first-order valence-electron chi connectivity index (χ1n) is 8.54. The Morgan fingerprint density at radius 2 is 2.00 bits per heavy atom. The third kappa shape index (κ3) is 6.12. The summed E-state index contributed by atoms with van der Waals surface area (Å²) in [5, 5.41) is 4.63. The molecule has 1 atom stereocenters. The SMILES string of the molecule is CN=C(NCC(C)SC)N1CCN(C(=O)Cc2cccc(Cl)c2)CC1. The van der Waals surface area contributed by atoms with E-state index in [4.69, 9.17) is 11.6 Å². The predicted molar refractivity (Wildman–Crippen MR) is 108 cm³/mol. The van der Waals surface area contributed by atoms with Gasteiger partial charge in [0.15, 0.2) is 5.96 Å². The molecule has 5 nitrogen and oxygen atoms in total. The highest BCUT2D eigenvalue weighted by Crippen LogP contribution is 2.13. The van der Waals surface area contributed by atoms with Crippen molar-refractivity contribution in [3.63, 3.8) is 0 Å². The molecule has 1 aliphatic heterocycles. The summed E-state index contributed by atoms with van der Waals surface area (Å²) in [5.41, 5.74) is 0.962. The molecule has 0 saturated carbocycles. The summed E-state index contributed by atoms with van der Waals surface area (Å²) >= 11 is 7.82. The fourth-order valence-corrected chi connectivity index (χ4v) is 3.21. The summed E-state index contributed by atoms with van der Waals surface area (Å²) in [7, 11) is 1.81. The third-order valence-corrected chi connectivity index (χ3v) is 5.54. The number of thioether (sulfide) groups is 1. The summed E-state index contributed by atoms with van der Waals surface area (Å²) in [5.74, 6) is 1.07. The van der Waals surface area contributed by atoms with E-state index in [0.717, 1.165) is 44.2 Å². The number of halogens is 1. The van der Waals surface area contributed by atoms with Crippen LogP contribution in [0.15, 0.2) is 29.3 Å². The van der Waals surface area contributed by atoms with Crippen molar-refractivity contribution in [2.75, 3.05) is 46.0 Å². The molecular weight excluding hydrogens is 356 g/mol. The Balaban J connectivity index is 1.82. The van der Waals surface area contributed by atoms with E-state index in [1.165, 1.54) is 0 Å². The molecule has 1 saturated heterocycles. The van der Waals surface area contributed by atoms with E-state index in [0.29, 0.717) is 16.7 Å². The lowest BCUT2D eigenvalue weighted by molar-refractivity contribution is -0.131. The molecule has 1 aromatic rings. The van der Waals surface area contributed by atoms with Crippen LogP contribution >= 0.6 is 23.4 Å². The van der Waals surface area contributed by atoms with Crippen molar-refractivity contribution in [2.24, 2.45) is 4.99 Å². The molecule has 25 heavy (non-hydrogen) atoms. The first-order chi connectivity index (χ1) is 12.0. The van der Waals surface area contributed by atoms with Gasteiger partial charge in [0.2, 0.25) is 5.91 Å². The van der Waals surface area contributed by atoms with E-state index < -0.39 is 0 Å². The molecule has 1 unspecified atom stereocenters. The number of amides is 1. The minimum atomic E-state index is 0.154. The Morgan fingerprint density at radius 1 is 1.32 bits per heavy atom. The average molecular weight is 383 g/mol. The van der Waals surface area contributed by atoms with Crippen molar-refractivity contribution < 1.29 is 4.79 Å². The maximum Gasteiger partial charge on any atom is 0.227 e. The molecule has 1 fully saturated rings. The first-order valence-corrected chi connectivity index (χ1v) is 10.2. The van der Waals surface area contributed by atoms with Gasteiger partial charge in [0.05, 0.1) is 6.42 Å². The maximum absolute atomic E-state index is 12.5. The van der Waals surface area contributed by atoms with E-state index in [1.54, 1.807) is 0 Å². The van der Waals surface area contributed by atoms with Gasteiger partial charge in [-0.05, 0) is 24.0 Å². The van der Waals surface area contributed by atoms with Crippen LogP contribution in [0.4, 0.5) is 0 Å². The van der Waals surface area contributed by atoms with Gasteiger partial charge >= 0.3 is 0 Å². The molecule has 0 spiro atoms. The van der Waals surface area contributed by atoms with E-state index in [2.05, 4.69) is 28.4 Å². The number of piperazine rings is 1. The Hall–Kier alpha value is -1.40.